The van der Waals surface area contributed by atoms with Gasteiger partial charge in [-0.05, 0) is 56.8 Å². The molecule has 7 nitrogen and oxygen atoms in total. The molecule has 0 spiro atoms. The predicted molar refractivity (Wildman–Crippen MR) is 126 cm³/mol. The molecule has 1 saturated carbocycles. The van der Waals surface area contributed by atoms with Gasteiger partial charge in [0.05, 0.1) is 22.5 Å². The van der Waals surface area contributed by atoms with Gasteiger partial charge < -0.3 is 15.3 Å². The molecule has 0 radical (unpaired) electrons. The van der Waals surface area contributed by atoms with Crippen LogP contribution in [0.3, 0.4) is 0 Å². The highest BCUT2D eigenvalue weighted by Crippen LogP contribution is 2.43. The number of piperidine rings is 1. The molecule has 0 amide bonds. The van der Waals surface area contributed by atoms with E-state index in [4.69, 9.17) is 5.10 Å². The fraction of sp³-hybridized carbons (Fsp3) is 0.480. The molecule has 32 heavy (non-hydrogen) atoms. The molecule has 168 valence electrons. The predicted octanol–water partition coefficient (Wildman–Crippen LogP) is 4.35. The summed E-state index contributed by atoms with van der Waals surface area (Å²) in [6.07, 6.45) is 6.72. The van der Waals surface area contributed by atoms with Gasteiger partial charge >= 0.3 is 5.97 Å². The number of benzene rings is 1. The van der Waals surface area contributed by atoms with E-state index in [-0.39, 0.29) is 5.69 Å². The molecular formula is C25H31N5O2. The van der Waals surface area contributed by atoms with Crippen molar-refractivity contribution < 1.29 is 9.90 Å². The Kier molecular flexibility index (Phi) is 5.83. The number of carboxylic acids is 1. The summed E-state index contributed by atoms with van der Waals surface area (Å²) in [5, 5.41) is 19.5. The lowest BCUT2D eigenvalue weighted by molar-refractivity contribution is 0.0691. The van der Waals surface area contributed by atoms with Gasteiger partial charge in [0.2, 0.25) is 0 Å². The molecule has 3 aromatic rings. The Bertz CT molecular complexity index is 1100. The highest BCUT2D eigenvalue weighted by molar-refractivity contribution is 5.98. The number of anilines is 1. The first kappa shape index (κ1) is 20.9. The summed E-state index contributed by atoms with van der Waals surface area (Å²) >= 11 is 0. The Morgan fingerprint density at radius 3 is 2.53 bits per heavy atom. The van der Waals surface area contributed by atoms with E-state index in [1.807, 2.05) is 35.0 Å². The van der Waals surface area contributed by atoms with Crippen LogP contribution in [0.4, 0.5) is 5.69 Å². The third-order valence-electron chi connectivity index (χ3n) is 6.87. The van der Waals surface area contributed by atoms with Crippen molar-refractivity contribution in [3.63, 3.8) is 0 Å². The molecule has 1 aromatic carbocycles. The average Bonchev–Trinajstić information content (AvgIpc) is 3.16. The van der Waals surface area contributed by atoms with Crippen molar-refractivity contribution in [2.24, 2.45) is 0 Å². The highest BCUT2D eigenvalue weighted by atomic mass is 16.4. The molecule has 1 aliphatic heterocycles. The molecule has 2 fully saturated rings. The standard InChI is InChI=1S/C25H31N5O2/c1-2-13-26-18-11-14-29(15-12-18)21-16-20(25(31)32)27-24-22(21)23(17-7-6-8-17)28-30(24)19-9-4-3-5-10-19/h3-5,9-10,16-18,26H,2,6-8,11-15H2,1H3,(H,31,32). The molecule has 2 N–H and O–H groups in total. The number of rotatable bonds is 7. The second kappa shape index (κ2) is 8.90. The van der Waals surface area contributed by atoms with E-state index >= 15 is 0 Å². The summed E-state index contributed by atoms with van der Waals surface area (Å²) in [6.45, 7) is 5.04. The summed E-state index contributed by atoms with van der Waals surface area (Å²) < 4.78 is 1.84. The van der Waals surface area contributed by atoms with Crippen LogP contribution in [0.1, 0.15) is 67.5 Å². The van der Waals surface area contributed by atoms with E-state index in [1.54, 1.807) is 6.07 Å². The van der Waals surface area contributed by atoms with Gasteiger partial charge in [-0.3, -0.25) is 0 Å². The molecule has 5 rings (SSSR count). The SMILES string of the molecule is CCCNC1CCN(c2cc(C(=O)O)nc3c2c(C2CCC2)nn3-c2ccccc2)CC1. The van der Waals surface area contributed by atoms with Crippen LogP contribution >= 0.6 is 0 Å². The Morgan fingerprint density at radius 1 is 1.16 bits per heavy atom. The van der Waals surface area contributed by atoms with Crippen molar-refractivity contribution in [1.29, 1.82) is 0 Å². The zero-order valence-electron chi connectivity index (χ0n) is 18.6. The number of nitrogens with one attached hydrogen (secondary N) is 1. The van der Waals surface area contributed by atoms with E-state index in [0.717, 1.165) is 74.2 Å². The minimum absolute atomic E-state index is 0.0796. The molecule has 7 heteroatoms. The number of aromatic nitrogens is 3. The van der Waals surface area contributed by atoms with Crippen LogP contribution in [0.5, 0.6) is 0 Å². The fourth-order valence-electron chi connectivity index (χ4n) is 4.87. The van der Waals surface area contributed by atoms with Crippen LogP contribution in [-0.2, 0) is 0 Å². The Labute approximate surface area is 188 Å². The van der Waals surface area contributed by atoms with Crippen LogP contribution < -0.4 is 10.2 Å². The lowest BCUT2D eigenvalue weighted by Crippen LogP contribution is -2.43. The number of aromatic carboxylic acids is 1. The quantitative estimate of drug-likeness (QED) is 0.576. The number of carboxylic acid groups (broad SMARTS) is 1. The first-order chi connectivity index (χ1) is 15.7. The topological polar surface area (TPSA) is 83.3 Å². The van der Waals surface area contributed by atoms with Gasteiger partial charge in [-0.15, -0.1) is 0 Å². The zero-order valence-corrected chi connectivity index (χ0v) is 18.6. The molecule has 0 unspecified atom stereocenters. The van der Waals surface area contributed by atoms with Crippen LogP contribution in [0, 0.1) is 0 Å². The molecule has 2 aromatic heterocycles. The second-order valence-corrected chi connectivity index (χ2v) is 9.01. The maximum atomic E-state index is 12.0. The summed E-state index contributed by atoms with van der Waals surface area (Å²) in [7, 11) is 0. The molecule has 1 aliphatic carbocycles. The van der Waals surface area contributed by atoms with Gasteiger partial charge in [-0.25, -0.2) is 14.5 Å². The normalized spacial score (nSPS) is 17.6. The summed E-state index contributed by atoms with van der Waals surface area (Å²) in [5.41, 5.74) is 3.69. The van der Waals surface area contributed by atoms with Crippen molar-refractivity contribution in [1.82, 2.24) is 20.1 Å². The lowest BCUT2D eigenvalue weighted by Gasteiger charge is -2.35. The van der Waals surface area contributed by atoms with E-state index in [0.29, 0.717) is 17.6 Å². The number of nitrogens with zero attached hydrogens (tertiary/aromatic N) is 4. The van der Waals surface area contributed by atoms with Gasteiger partial charge in [-0.1, -0.05) is 31.5 Å². The van der Waals surface area contributed by atoms with Gasteiger partial charge in [0.15, 0.2) is 11.3 Å². The molecule has 3 heterocycles. The van der Waals surface area contributed by atoms with Crippen molar-refractivity contribution >= 4 is 22.7 Å². The Balaban J connectivity index is 1.62. The number of carbonyl (C=O) groups is 1. The third kappa shape index (κ3) is 3.86. The largest absolute Gasteiger partial charge is 0.477 e. The number of pyridine rings is 1. The van der Waals surface area contributed by atoms with E-state index in [9.17, 15) is 9.90 Å². The smallest absolute Gasteiger partial charge is 0.354 e. The maximum Gasteiger partial charge on any atom is 0.354 e. The third-order valence-corrected chi connectivity index (χ3v) is 6.87. The second-order valence-electron chi connectivity index (χ2n) is 9.01. The van der Waals surface area contributed by atoms with Gasteiger partial charge in [0.25, 0.3) is 0 Å². The fourth-order valence-corrected chi connectivity index (χ4v) is 4.87. The Hall–Kier alpha value is -2.93. The molecule has 2 aliphatic rings. The first-order valence-corrected chi connectivity index (χ1v) is 11.9. The minimum Gasteiger partial charge on any atom is -0.477 e. The summed E-state index contributed by atoms with van der Waals surface area (Å²) in [4.78, 5) is 18.9. The highest BCUT2D eigenvalue weighted by Gasteiger charge is 2.31. The van der Waals surface area contributed by atoms with Crippen molar-refractivity contribution in [2.75, 3.05) is 24.5 Å². The lowest BCUT2D eigenvalue weighted by atomic mass is 9.82. The van der Waals surface area contributed by atoms with Gasteiger partial charge in [0, 0.05) is 25.0 Å². The minimum atomic E-state index is -1.00. The number of hydrogen-bond acceptors (Lipinski definition) is 5. The van der Waals surface area contributed by atoms with E-state index in [2.05, 4.69) is 22.1 Å². The average molecular weight is 434 g/mol. The molecule has 0 atom stereocenters. The molecule has 0 bridgehead atoms. The van der Waals surface area contributed by atoms with E-state index < -0.39 is 5.97 Å². The molecule has 1 saturated heterocycles. The van der Waals surface area contributed by atoms with Crippen LogP contribution in [-0.4, -0.2) is 51.5 Å². The molecular weight excluding hydrogens is 402 g/mol. The van der Waals surface area contributed by atoms with Crippen LogP contribution in [0.15, 0.2) is 36.4 Å². The van der Waals surface area contributed by atoms with Crippen molar-refractivity contribution in [2.45, 2.75) is 57.4 Å². The number of para-hydroxylation sites is 1. The number of fused-ring (bicyclic) bond motifs is 1. The van der Waals surface area contributed by atoms with Crippen LogP contribution in [0.2, 0.25) is 0 Å². The van der Waals surface area contributed by atoms with Crippen LogP contribution in [0.25, 0.3) is 16.7 Å². The summed E-state index contributed by atoms with van der Waals surface area (Å²) in [6, 6.07) is 12.2. The van der Waals surface area contributed by atoms with Crippen molar-refractivity contribution in [3.05, 3.63) is 47.8 Å². The zero-order chi connectivity index (χ0) is 22.1. The van der Waals surface area contributed by atoms with Gasteiger partial charge in [0.1, 0.15) is 0 Å². The first-order valence-electron chi connectivity index (χ1n) is 11.9. The number of hydrogen-bond donors (Lipinski definition) is 2. The van der Waals surface area contributed by atoms with Gasteiger partial charge in [-0.2, -0.15) is 5.10 Å². The summed E-state index contributed by atoms with van der Waals surface area (Å²) in [5.74, 6) is -0.582. The monoisotopic (exact) mass is 433 g/mol. The van der Waals surface area contributed by atoms with Crippen molar-refractivity contribution in [3.8, 4) is 5.69 Å². The Morgan fingerprint density at radius 2 is 1.91 bits per heavy atom. The van der Waals surface area contributed by atoms with E-state index in [1.165, 1.54) is 6.42 Å². The maximum absolute atomic E-state index is 12.0.